The summed E-state index contributed by atoms with van der Waals surface area (Å²) >= 11 is 0. The molecule has 174 valence electrons. The van der Waals surface area contributed by atoms with Crippen LogP contribution in [0.3, 0.4) is 0 Å². The molecule has 32 heavy (non-hydrogen) atoms. The first-order valence-electron chi connectivity index (χ1n) is 11.9. The third-order valence-corrected chi connectivity index (χ3v) is 10.9. The van der Waals surface area contributed by atoms with Crippen molar-refractivity contribution < 1.29 is 9.16 Å². The minimum atomic E-state index is -1.60. The van der Waals surface area contributed by atoms with Gasteiger partial charge in [0.05, 0.1) is 0 Å². The molecule has 0 fully saturated rings. The van der Waals surface area contributed by atoms with Crippen molar-refractivity contribution in [2.45, 2.75) is 77.9 Å². The normalized spacial score (nSPS) is 12.3. The first kappa shape index (κ1) is 26.2. The van der Waals surface area contributed by atoms with E-state index < -0.39 is 8.32 Å². The molecule has 3 heteroatoms. The summed E-state index contributed by atoms with van der Waals surface area (Å²) in [5.74, 6) is 1.58. The van der Waals surface area contributed by atoms with Crippen LogP contribution in [0.4, 0.5) is 0 Å². The van der Waals surface area contributed by atoms with E-state index in [1.807, 2.05) is 30.3 Å². The van der Waals surface area contributed by atoms with Gasteiger partial charge in [0.2, 0.25) is 0 Å². The van der Waals surface area contributed by atoms with E-state index in [0.29, 0.717) is 10.8 Å². The maximum absolute atomic E-state index is 6.24. The SMILES string of the molecule is C=C(Oc1cc(CCC/C=C/CCCO[Si](C)(C)C(C)(C)C)ccc1C)c1ccccc1. The Morgan fingerprint density at radius 1 is 0.969 bits per heavy atom. The predicted octanol–water partition coefficient (Wildman–Crippen LogP) is 8.73. The summed E-state index contributed by atoms with van der Waals surface area (Å²) < 4.78 is 12.3. The van der Waals surface area contributed by atoms with Crippen molar-refractivity contribution in [3.63, 3.8) is 0 Å². The van der Waals surface area contributed by atoms with Crippen molar-refractivity contribution in [3.05, 3.63) is 84.0 Å². The van der Waals surface area contributed by atoms with Gasteiger partial charge in [0.15, 0.2) is 8.32 Å². The second kappa shape index (κ2) is 12.2. The lowest BCUT2D eigenvalue weighted by molar-refractivity contribution is 0.283. The van der Waals surface area contributed by atoms with Gasteiger partial charge in [0.25, 0.3) is 0 Å². The first-order chi connectivity index (χ1) is 15.1. The lowest BCUT2D eigenvalue weighted by Crippen LogP contribution is -2.40. The highest BCUT2D eigenvalue weighted by atomic mass is 28.4. The van der Waals surface area contributed by atoms with Crippen LogP contribution in [0.5, 0.6) is 5.75 Å². The molecule has 2 nitrogen and oxygen atoms in total. The fourth-order valence-corrected chi connectivity index (χ4v) is 4.22. The van der Waals surface area contributed by atoms with Crippen LogP contribution in [0, 0.1) is 6.92 Å². The molecule has 0 aliphatic rings. The van der Waals surface area contributed by atoms with Crippen molar-refractivity contribution in [2.75, 3.05) is 6.61 Å². The summed E-state index contributed by atoms with van der Waals surface area (Å²) in [6.45, 7) is 18.6. The number of rotatable bonds is 12. The van der Waals surface area contributed by atoms with Gasteiger partial charge in [-0.25, -0.2) is 0 Å². The first-order valence-corrected chi connectivity index (χ1v) is 14.8. The minimum Gasteiger partial charge on any atom is -0.457 e. The Bertz CT molecular complexity index is 876. The van der Waals surface area contributed by atoms with Crippen LogP contribution in [-0.2, 0) is 10.8 Å². The summed E-state index contributed by atoms with van der Waals surface area (Å²) in [5, 5.41) is 0.290. The second-order valence-electron chi connectivity index (χ2n) is 10.1. The molecule has 0 aliphatic heterocycles. The molecular weight excluding hydrogens is 408 g/mol. The van der Waals surface area contributed by atoms with Gasteiger partial charge in [-0.15, -0.1) is 0 Å². The molecule has 0 saturated heterocycles. The maximum atomic E-state index is 6.24. The molecule has 0 aliphatic carbocycles. The lowest BCUT2D eigenvalue weighted by atomic mass is 10.1. The van der Waals surface area contributed by atoms with Gasteiger partial charge >= 0.3 is 0 Å². The number of ether oxygens (including phenoxy) is 1. The average molecular weight is 451 g/mol. The predicted molar refractivity (Wildman–Crippen MR) is 142 cm³/mol. The van der Waals surface area contributed by atoms with Crippen LogP contribution in [0.2, 0.25) is 18.1 Å². The monoisotopic (exact) mass is 450 g/mol. The standard InChI is InChI=1S/C29H42O2Si/c1-24-20-21-26(23-28(24)31-25(2)27-18-14-12-15-19-27)17-13-10-8-9-11-16-22-30-32(6,7)29(3,4)5/h8-9,12,14-15,18-21,23H,2,10-11,13,16-17,22H2,1,3-7H3/b9-8+. The lowest BCUT2D eigenvalue weighted by Gasteiger charge is -2.36. The molecule has 0 N–H and O–H groups in total. The third-order valence-electron chi connectivity index (χ3n) is 6.37. The number of allylic oxidation sites excluding steroid dienone is 2. The van der Waals surface area contributed by atoms with Crippen molar-refractivity contribution >= 4 is 14.1 Å². The minimum absolute atomic E-state index is 0.290. The zero-order valence-electron chi connectivity index (χ0n) is 21.0. The molecule has 0 radical (unpaired) electrons. The molecular formula is C29H42O2Si. The molecule has 0 amide bonds. The molecule has 0 unspecified atom stereocenters. The molecule has 0 aromatic heterocycles. The van der Waals surface area contributed by atoms with Gasteiger partial charge in [0, 0.05) is 12.2 Å². The van der Waals surface area contributed by atoms with Crippen LogP contribution in [0.25, 0.3) is 5.76 Å². The quantitative estimate of drug-likeness (QED) is 0.139. The van der Waals surface area contributed by atoms with E-state index in [0.717, 1.165) is 55.6 Å². The van der Waals surface area contributed by atoms with E-state index in [-0.39, 0.29) is 0 Å². The molecule has 0 spiro atoms. The van der Waals surface area contributed by atoms with Gasteiger partial charge in [-0.2, -0.15) is 0 Å². The average Bonchev–Trinajstić information content (AvgIpc) is 2.74. The topological polar surface area (TPSA) is 18.5 Å². The van der Waals surface area contributed by atoms with Crippen LogP contribution in [-0.4, -0.2) is 14.9 Å². The summed E-state index contributed by atoms with van der Waals surface area (Å²) in [4.78, 5) is 0. The Morgan fingerprint density at radius 2 is 1.62 bits per heavy atom. The smallest absolute Gasteiger partial charge is 0.191 e. The van der Waals surface area contributed by atoms with Gasteiger partial charge in [-0.05, 0) is 74.4 Å². The Labute approximate surface area is 197 Å². The van der Waals surface area contributed by atoms with E-state index in [1.54, 1.807) is 0 Å². The van der Waals surface area contributed by atoms with E-state index in [1.165, 1.54) is 5.56 Å². The summed E-state index contributed by atoms with van der Waals surface area (Å²) in [7, 11) is -1.60. The maximum Gasteiger partial charge on any atom is 0.191 e. The molecule has 2 aromatic carbocycles. The fourth-order valence-electron chi connectivity index (χ4n) is 3.13. The van der Waals surface area contributed by atoms with E-state index >= 15 is 0 Å². The summed E-state index contributed by atoms with van der Waals surface area (Å²) in [5.41, 5.74) is 3.45. The molecule has 0 saturated carbocycles. The van der Waals surface area contributed by atoms with Crippen molar-refractivity contribution in [3.8, 4) is 5.75 Å². The molecule has 0 atom stereocenters. The number of benzene rings is 2. The van der Waals surface area contributed by atoms with Crippen LogP contribution in [0.1, 0.15) is 63.1 Å². The van der Waals surface area contributed by atoms with Gasteiger partial charge in [0.1, 0.15) is 11.5 Å². The molecule has 2 aromatic rings. The van der Waals surface area contributed by atoms with Crippen molar-refractivity contribution in [2.24, 2.45) is 0 Å². The van der Waals surface area contributed by atoms with E-state index in [2.05, 4.69) is 77.7 Å². The fraction of sp³-hybridized carbons (Fsp3) is 0.448. The number of unbranched alkanes of at least 4 members (excludes halogenated alkanes) is 2. The van der Waals surface area contributed by atoms with E-state index in [9.17, 15) is 0 Å². The summed E-state index contributed by atoms with van der Waals surface area (Å²) in [6.07, 6.45) is 10.1. The number of hydrogen-bond donors (Lipinski definition) is 0. The van der Waals surface area contributed by atoms with Gasteiger partial charge in [-0.1, -0.05) is 82.0 Å². The Kier molecular flexibility index (Phi) is 9.99. The number of aryl methyl sites for hydroxylation is 2. The summed E-state index contributed by atoms with van der Waals surface area (Å²) in [6, 6.07) is 16.5. The van der Waals surface area contributed by atoms with E-state index in [4.69, 9.17) is 9.16 Å². The van der Waals surface area contributed by atoms with Crippen LogP contribution >= 0.6 is 0 Å². The van der Waals surface area contributed by atoms with Crippen molar-refractivity contribution in [1.29, 1.82) is 0 Å². The molecule has 0 heterocycles. The zero-order valence-corrected chi connectivity index (χ0v) is 22.0. The highest BCUT2D eigenvalue weighted by Gasteiger charge is 2.36. The van der Waals surface area contributed by atoms with Gasteiger partial charge < -0.3 is 9.16 Å². The van der Waals surface area contributed by atoms with Crippen LogP contribution < -0.4 is 4.74 Å². The highest BCUT2D eigenvalue weighted by molar-refractivity contribution is 6.74. The van der Waals surface area contributed by atoms with Crippen molar-refractivity contribution in [1.82, 2.24) is 0 Å². The zero-order chi connectivity index (χ0) is 23.6. The second-order valence-corrected chi connectivity index (χ2v) is 14.9. The number of hydrogen-bond acceptors (Lipinski definition) is 2. The largest absolute Gasteiger partial charge is 0.457 e. The molecule has 2 rings (SSSR count). The Hall–Kier alpha value is -2.10. The third kappa shape index (κ3) is 8.44. The van der Waals surface area contributed by atoms with Gasteiger partial charge in [-0.3, -0.25) is 0 Å². The molecule has 0 bridgehead atoms. The highest BCUT2D eigenvalue weighted by Crippen LogP contribution is 2.36. The Balaban J connectivity index is 1.71. The Morgan fingerprint density at radius 3 is 2.28 bits per heavy atom. The van der Waals surface area contributed by atoms with Crippen LogP contribution in [0.15, 0.2) is 67.3 Å².